The van der Waals surface area contributed by atoms with Gasteiger partial charge in [-0.2, -0.15) is 0 Å². The fraction of sp³-hybridized carbons (Fsp3) is 1.00. The Morgan fingerprint density at radius 1 is 1.27 bits per heavy atom. The molecule has 3 heteroatoms. The average Bonchev–Trinajstić information content (AvgIpc) is 2.66. The molecule has 0 aliphatic carbocycles. The van der Waals surface area contributed by atoms with Crippen molar-refractivity contribution in [3.8, 4) is 0 Å². The van der Waals surface area contributed by atoms with E-state index in [-0.39, 0.29) is 0 Å². The standard InChI is InChI=1S/C12H24N2O/c1-10-5-6-14-12(10)9-13-8-11-4-2-3-7-15-11/h10-14H,2-9H2,1H3. The van der Waals surface area contributed by atoms with E-state index in [1.54, 1.807) is 0 Å². The van der Waals surface area contributed by atoms with Gasteiger partial charge < -0.3 is 15.4 Å². The van der Waals surface area contributed by atoms with E-state index >= 15 is 0 Å². The van der Waals surface area contributed by atoms with Crippen LogP contribution in [0, 0.1) is 5.92 Å². The SMILES string of the molecule is CC1CCNC1CNCC1CCCCO1. The van der Waals surface area contributed by atoms with Crippen LogP contribution in [0.2, 0.25) is 0 Å². The first-order valence-electron chi connectivity index (χ1n) is 6.42. The second kappa shape index (κ2) is 5.83. The number of nitrogens with one attached hydrogen (secondary N) is 2. The number of hydrogen-bond donors (Lipinski definition) is 2. The molecular formula is C12H24N2O. The van der Waals surface area contributed by atoms with Gasteiger partial charge in [-0.15, -0.1) is 0 Å². The summed E-state index contributed by atoms with van der Waals surface area (Å²) >= 11 is 0. The molecule has 15 heavy (non-hydrogen) atoms. The van der Waals surface area contributed by atoms with E-state index in [1.807, 2.05) is 0 Å². The summed E-state index contributed by atoms with van der Waals surface area (Å²) in [5, 5.41) is 7.08. The summed E-state index contributed by atoms with van der Waals surface area (Å²) in [6, 6.07) is 0.675. The van der Waals surface area contributed by atoms with Gasteiger partial charge in [-0.3, -0.25) is 0 Å². The van der Waals surface area contributed by atoms with Crippen molar-refractivity contribution in [1.29, 1.82) is 0 Å². The summed E-state index contributed by atoms with van der Waals surface area (Å²) in [6.07, 6.45) is 5.62. The van der Waals surface area contributed by atoms with Crippen LogP contribution in [0.5, 0.6) is 0 Å². The Kier molecular flexibility index (Phi) is 4.42. The van der Waals surface area contributed by atoms with Crippen molar-refractivity contribution in [2.75, 3.05) is 26.2 Å². The first kappa shape index (κ1) is 11.4. The molecule has 2 N–H and O–H groups in total. The highest BCUT2D eigenvalue weighted by atomic mass is 16.5. The summed E-state index contributed by atoms with van der Waals surface area (Å²) in [4.78, 5) is 0. The van der Waals surface area contributed by atoms with Gasteiger partial charge in [0.25, 0.3) is 0 Å². The molecule has 0 amide bonds. The van der Waals surface area contributed by atoms with E-state index in [4.69, 9.17) is 4.74 Å². The van der Waals surface area contributed by atoms with Crippen LogP contribution in [0.3, 0.4) is 0 Å². The molecule has 2 heterocycles. The molecule has 2 saturated heterocycles. The molecule has 2 aliphatic rings. The molecule has 88 valence electrons. The molecule has 2 rings (SSSR count). The lowest BCUT2D eigenvalue weighted by Gasteiger charge is -2.24. The third-order valence-electron chi connectivity index (χ3n) is 3.70. The molecule has 3 atom stereocenters. The molecule has 3 nitrogen and oxygen atoms in total. The van der Waals surface area contributed by atoms with Gasteiger partial charge >= 0.3 is 0 Å². The van der Waals surface area contributed by atoms with E-state index in [9.17, 15) is 0 Å². The molecule has 2 fully saturated rings. The maximum absolute atomic E-state index is 5.69. The van der Waals surface area contributed by atoms with Crippen LogP contribution in [0.25, 0.3) is 0 Å². The van der Waals surface area contributed by atoms with Gasteiger partial charge in [0, 0.05) is 25.7 Å². The second-order valence-electron chi connectivity index (χ2n) is 4.97. The van der Waals surface area contributed by atoms with Gasteiger partial charge in [-0.1, -0.05) is 6.92 Å². The molecule has 0 saturated carbocycles. The Morgan fingerprint density at radius 2 is 2.20 bits per heavy atom. The first-order chi connectivity index (χ1) is 7.36. The highest BCUT2D eigenvalue weighted by Crippen LogP contribution is 2.14. The Morgan fingerprint density at radius 3 is 2.87 bits per heavy atom. The maximum Gasteiger partial charge on any atom is 0.0699 e. The van der Waals surface area contributed by atoms with E-state index in [0.717, 1.165) is 25.6 Å². The minimum atomic E-state index is 0.468. The largest absolute Gasteiger partial charge is 0.377 e. The van der Waals surface area contributed by atoms with E-state index in [1.165, 1.54) is 32.2 Å². The Balaban J connectivity index is 1.57. The van der Waals surface area contributed by atoms with Crippen molar-refractivity contribution in [3.05, 3.63) is 0 Å². The lowest BCUT2D eigenvalue weighted by Crippen LogP contribution is -2.41. The van der Waals surface area contributed by atoms with Crippen LogP contribution >= 0.6 is 0 Å². The van der Waals surface area contributed by atoms with E-state index in [0.29, 0.717) is 12.1 Å². The lowest BCUT2D eigenvalue weighted by atomic mass is 10.0. The van der Waals surface area contributed by atoms with Crippen LogP contribution in [0.15, 0.2) is 0 Å². The topological polar surface area (TPSA) is 33.3 Å². The van der Waals surface area contributed by atoms with Gasteiger partial charge in [0.1, 0.15) is 0 Å². The summed E-state index contributed by atoms with van der Waals surface area (Å²) < 4.78 is 5.69. The molecule has 0 aromatic heterocycles. The van der Waals surface area contributed by atoms with Gasteiger partial charge in [-0.25, -0.2) is 0 Å². The van der Waals surface area contributed by atoms with Crippen LogP contribution in [-0.2, 0) is 4.74 Å². The lowest BCUT2D eigenvalue weighted by molar-refractivity contribution is 0.0167. The van der Waals surface area contributed by atoms with E-state index in [2.05, 4.69) is 17.6 Å². The molecule has 0 aromatic rings. The Labute approximate surface area is 93.0 Å². The number of rotatable bonds is 4. The molecule has 0 radical (unpaired) electrons. The molecular weight excluding hydrogens is 188 g/mol. The summed E-state index contributed by atoms with van der Waals surface area (Å²) in [5.41, 5.74) is 0. The fourth-order valence-electron chi connectivity index (χ4n) is 2.54. The predicted octanol–water partition coefficient (Wildman–Crippen LogP) is 1.14. The highest BCUT2D eigenvalue weighted by Gasteiger charge is 2.22. The zero-order valence-corrected chi connectivity index (χ0v) is 9.80. The Hall–Kier alpha value is -0.120. The van der Waals surface area contributed by atoms with Gasteiger partial charge in [0.05, 0.1) is 6.10 Å². The predicted molar refractivity (Wildman–Crippen MR) is 62.0 cm³/mol. The van der Waals surface area contributed by atoms with Crippen molar-refractivity contribution in [2.24, 2.45) is 5.92 Å². The van der Waals surface area contributed by atoms with Crippen LogP contribution in [0.1, 0.15) is 32.6 Å². The zero-order chi connectivity index (χ0) is 10.5. The molecule has 0 aromatic carbocycles. The van der Waals surface area contributed by atoms with Crippen molar-refractivity contribution in [2.45, 2.75) is 44.8 Å². The third kappa shape index (κ3) is 3.44. The first-order valence-corrected chi connectivity index (χ1v) is 6.42. The maximum atomic E-state index is 5.69. The van der Waals surface area contributed by atoms with E-state index < -0.39 is 0 Å². The third-order valence-corrected chi connectivity index (χ3v) is 3.70. The van der Waals surface area contributed by atoms with Crippen molar-refractivity contribution >= 4 is 0 Å². The monoisotopic (exact) mass is 212 g/mol. The molecule has 0 spiro atoms. The van der Waals surface area contributed by atoms with Crippen LogP contribution in [-0.4, -0.2) is 38.4 Å². The van der Waals surface area contributed by atoms with Gasteiger partial charge in [0.2, 0.25) is 0 Å². The second-order valence-corrected chi connectivity index (χ2v) is 4.97. The quantitative estimate of drug-likeness (QED) is 0.733. The number of hydrogen-bond acceptors (Lipinski definition) is 3. The van der Waals surface area contributed by atoms with Crippen molar-refractivity contribution in [3.63, 3.8) is 0 Å². The molecule has 0 bridgehead atoms. The van der Waals surface area contributed by atoms with Crippen molar-refractivity contribution in [1.82, 2.24) is 10.6 Å². The highest BCUT2D eigenvalue weighted by molar-refractivity contribution is 4.82. The van der Waals surface area contributed by atoms with Crippen LogP contribution in [0.4, 0.5) is 0 Å². The van der Waals surface area contributed by atoms with Crippen LogP contribution < -0.4 is 10.6 Å². The minimum absolute atomic E-state index is 0.468. The smallest absolute Gasteiger partial charge is 0.0699 e. The zero-order valence-electron chi connectivity index (χ0n) is 9.80. The molecule has 2 aliphatic heterocycles. The van der Waals surface area contributed by atoms with Crippen molar-refractivity contribution < 1.29 is 4.74 Å². The number of ether oxygens (including phenoxy) is 1. The van der Waals surface area contributed by atoms with Gasteiger partial charge in [-0.05, 0) is 38.1 Å². The summed E-state index contributed by atoms with van der Waals surface area (Å²) in [6.45, 7) is 6.62. The fourth-order valence-corrected chi connectivity index (χ4v) is 2.54. The minimum Gasteiger partial charge on any atom is -0.377 e. The summed E-state index contributed by atoms with van der Waals surface area (Å²) in [7, 11) is 0. The average molecular weight is 212 g/mol. The summed E-state index contributed by atoms with van der Waals surface area (Å²) in [5.74, 6) is 0.824. The molecule has 3 unspecified atom stereocenters. The normalized spacial score (nSPS) is 37.0. The Bertz CT molecular complexity index is 180. The van der Waals surface area contributed by atoms with Gasteiger partial charge in [0.15, 0.2) is 0 Å².